The Balaban J connectivity index is 1.94. The number of para-hydroxylation sites is 2. The van der Waals surface area contributed by atoms with Crippen molar-refractivity contribution in [2.45, 2.75) is 13.8 Å². The fourth-order valence-corrected chi connectivity index (χ4v) is 2.56. The van der Waals surface area contributed by atoms with E-state index >= 15 is 0 Å². The lowest BCUT2D eigenvalue weighted by Crippen LogP contribution is -2.12. The Kier molecular flexibility index (Phi) is 4.42. The number of carbonyl (C=O) groups is 1. The van der Waals surface area contributed by atoms with Crippen molar-refractivity contribution >= 4 is 22.6 Å². The number of aryl methyl sites for hydroxylation is 1. The first-order valence-electron chi connectivity index (χ1n) is 7.74. The van der Waals surface area contributed by atoms with Crippen LogP contribution in [-0.4, -0.2) is 19.6 Å². The molecule has 0 saturated carbocycles. The van der Waals surface area contributed by atoms with Gasteiger partial charge in [0.25, 0.3) is 5.91 Å². The van der Waals surface area contributed by atoms with Gasteiger partial charge in [0.15, 0.2) is 17.1 Å². The van der Waals surface area contributed by atoms with Gasteiger partial charge < -0.3 is 19.2 Å². The second-order valence-corrected chi connectivity index (χ2v) is 5.32. The van der Waals surface area contributed by atoms with Crippen LogP contribution in [0.3, 0.4) is 0 Å². The van der Waals surface area contributed by atoms with Gasteiger partial charge in [-0.05, 0) is 37.6 Å². The highest BCUT2D eigenvalue weighted by Gasteiger charge is 2.17. The number of anilines is 1. The normalized spacial score (nSPS) is 10.6. The van der Waals surface area contributed by atoms with Crippen LogP contribution in [0, 0.1) is 6.92 Å². The van der Waals surface area contributed by atoms with Crippen LogP contribution in [0.25, 0.3) is 11.0 Å². The number of furan rings is 1. The summed E-state index contributed by atoms with van der Waals surface area (Å²) in [6, 6.07) is 12.9. The minimum Gasteiger partial charge on any atom is -0.495 e. The van der Waals surface area contributed by atoms with Gasteiger partial charge in [-0.25, -0.2) is 0 Å². The van der Waals surface area contributed by atoms with Crippen molar-refractivity contribution in [3.8, 4) is 11.5 Å². The van der Waals surface area contributed by atoms with E-state index in [9.17, 15) is 4.79 Å². The minimum atomic E-state index is -0.332. The summed E-state index contributed by atoms with van der Waals surface area (Å²) in [4.78, 5) is 12.6. The monoisotopic (exact) mass is 325 g/mol. The number of carbonyl (C=O) groups excluding carboxylic acids is 1. The van der Waals surface area contributed by atoms with Gasteiger partial charge in [-0.1, -0.05) is 24.3 Å². The number of ether oxygens (including phenoxy) is 2. The zero-order chi connectivity index (χ0) is 17.1. The van der Waals surface area contributed by atoms with Gasteiger partial charge in [-0.2, -0.15) is 0 Å². The zero-order valence-electron chi connectivity index (χ0n) is 13.9. The van der Waals surface area contributed by atoms with Crippen LogP contribution in [-0.2, 0) is 0 Å². The maximum Gasteiger partial charge on any atom is 0.291 e. The molecular weight excluding hydrogens is 306 g/mol. The summed E-state index contributed by atoms with van der Waals surface area (Å²) in [5, 5.41) is 3.68. The average Bonchev–Trinajstić information content (AvgIpc) is 3.02. The van der Waals surface area contributed by atoms with Gasteiger partial charge >= 0.3 is 0 Å². The minimum absolute atomic E-state index is 0.224. The predicted octanol–water partition coefficient (Wildman–Crippen LogP) is 4.40. The Bertz CT molecular complexity index is 882. The zero-order valence-corrected chi connectivity index (χ0v) is 13.9. The third-order valence-electron chi connectivity index (χ3n) is 3.72. The lowest BCUT2D eigenvalue weighted by atomic mass is 10.2. The molecule has 0 aliphatic rings. The smallest absolute Gasteiger partial charge is 0.291 e. The molecule has 5 nitrogen and oxygen atoms in total. The fourth-order valence-electron chi connectivity index (χ4n) is 2.56. The SMILES string of the molecule is CCOc1cccc2cc(C(=O)Nc3c(C)cccc3OC)oc12. The largest absolute Gasteiger partial charge is 0.495 e. The van der Waals surface area contributed by atoms with Crippen LogP contribution in [0.5, 0.6) is 11.5 Å². The molecule has 1 N–H and O–H groups in total. The van der Waals surface area contributed by atoms with Crippen LogP contribution in [0.15, 0.2) is 46.9 Å². The molecule has 0 radical (unpaired) electrons. The number of hydrogen-bond acceptors (Lipinski definition) is 4. The number of hydrogen-bond donors (Lipinski definition) is 1. The molecule has 1 amide bonds. The van der Waals surface area contributed by atoms with Crippen LogP contribution in [0.2, 0.25) is 0 Å². The maximum atomic E-state index is 12.6. The molecule has 0 aliphatic carbocycles. The Morgan fingerprint density at radius 2 is 1.92 bits per heavy atom. The molecule has 124 valence electrons. The van der Waals surface area contributed by atoms with Gasteiger partial charge in [-0.15, -0.1) is 0 Å². The Morgan fingerprint density at radius 1 is 1.17 bits per heavy atom. The fraction of sp³-hybridized carbons (Fsp3) is 0.211. The molecule has 0 saturated heterocycles. The van der Waals surface area contributed by atoms with Crippen LogP contribution < -0.4 is 14.8 Å². The number of rotatable bonds is 5. The van der Waals surface area contributed by atoms with E-state index in [0.717, 1.165) is 10.9 Å². The van der Waals surface area contributed by atoms with Crippen molar-refractivity contribution in [3.63, 3.8) is 0 Å². The second kappa shape index (κ2) is 6.66. The van der Waals surface area contributed by atoms with E-state index in [1.165, 1.54) is 0 Å². The van der Waals surface area contributed by atoms with Crippen molar-refractivity contribution in [2.75, 3.05) is 19.0 Å². The van der Waals surface area contributed by atoms with E-state index in [1.54, 1.807) is 19.2 Å². The molecule has 0 aliphatic heterocycles. The molecule has 1 heterocycles. The number of methoxy groups -OCH3 is 1. The van der Waals surface area contributed by atoms with Crippen molar-refractivity contribution in [2.24, 2.45) is 0 Å². The van der Waals surface area contributed by atoms with Crippen LogP contribution >= 0.6 is 0 Å². The molecule has 0 atom stereocenters. The summed E-state index contributed by atoms with van der Waals surface area (Å²) >= 11 is 0. The lowest BCUT2D eigenvalue weighted by molar-refractivity contribution is 0.0998. The lowest BCUT2D eigenvalue weighted by Gasteiger charge is -2.11. The van der Waals surface area contributed by atoms with Crippen molar-refractivity contribution in [3.05, 3.63) is 53.8 Å². The number of amides is 1. The summed E-state index contributed by atoms with van der Waals surface area (Å²) < 4.78 is 16.6. The molecule has 0 spiro atoms. The third kappa shape index (κ3) is 2.93. The molecule has 3 aromatic rings. The molecule has 0 bridgehead atoms. The Labute approximate surface area is 140 Å². The number of nitrogens with one attached hydrogen (secondary N) is 1. The molecule has 24 heavy (non-hydrogen) atoms. The molecule has 3 rings (SSSR count). The summed E-state index contributed by atoms with van der Waals surface area (Å²) in [5.74, 6) is 1.13. The van der Waals surface area contributed by atoms with E-state index < -0.39 is 0 Å². The van der Waals surface area contributed by atoms with Crippen molar-refractivity contribution in [1.29, 1.82) is 0 Å². The summed E-state index contributed by atoms with van der Waals surface area (Å²) in [6.45, 7) is 4.34. The van der Waals surface area contributed by atoms with Gasteiger partial charge in [0, 0.05) is 5.39 Å². The summed E-state index contributed by atoms with van der Waals surface area (Å²) in [5.41, 5.74) is 2.12. The molecule has 0 unspecified atom stereocenters. The van der Waals surface area contributed by atoms with E-state index in [2.05, 4.69) is 5.32 Å². The Morgan fingerprint density at radius 3 is 2.67 bits per heavy atom. The predicted molar refractivity (Wildman–Crippen MR) is 93.1 cm³/mol. The first-order valence-corrected chi connectivity index (χ1v) is 7.74. The van der Waals surface area contributed by atoms with Crippen LogP contribution in [0.1, 0.15) is 23.0 Å². The van der Waals surface area contributed by atoms with E-state index in [4.69, 9.17) is 13.9 Å². The van der Waals surface area contributed by atoms with Gasteiger partial charge in [0.2, 0.25) is 0 Å². The van der Waals surface area contributed by atoms with E-state index in [0.29, 0.717) is 29.4 Å². The van der Waals surface area contributed by atoms with Crippen LogP contribution in [0.4, 0.5) is 5.69 Å². The van der Waals surface area contributed by atoms with Gasteiger partial charge in [0.05, 0.1) is 19.4 Å². The van der Waals surface area contributed by atoms with Gasteiger partial charge in [0.1, 0.15) is 5.75 Å². The molecule has 5 heteroatoms. The first-order chi connectivity index (χ1) is 11.6. The highest BCUT2D eigenvalue weighted by molar-refractivity contribution is 6.06. The number of benzene rings is 2. The average molecular weight is 325 g/mol. The van der Waals surface area contributed by atoms with Gasteiger partial charge in [-0.3, -0.25) is 4.79 Å². The molecule has 0 fully saturated rings. The Hall–Kier alpha value is -2.95. The molecule has 2 aromatic carbocycles. The van der Waals surface area contributed by atoms with E-state index in [1.807, 2.05) is 44.2 Å². The van der Waals surface area contributed by atoms with E-state index in [-0.39, 0.29) is 11.7 Å². The highest BCUT2D eigenvalue weighted by Crippen LogP contribution is 2.31. The second-order valence-electron chi connectivity index (χ2n) is 5.32. The van der Waals surface area contributed by atoms with Crippen molar-refractivity contribution < 1.29 is 18.7 Å². The maximum absolute atomic E-state index is 12.6. The topological polar surface area (TPSA) is 60.7 Å². The number of fused-ring (bicyclic) bond motifs is 1. The standard InChI is InChI=1S/C19H19NO4/c1-4-23-15-10-6-8-13-11-16(24-18(13)15)19(21)20-17-12(2)7-5-9-14(17)22-3/h5-11H,4H2,1-3H3,(H,20,21). The third-order valence-corrected chi connectivity index (χ3v) is 3.72. The summed E-state index contributed by atoms with van der Waals surface area (Å²) in [6.07, 6.45) is 0. The highest BCUT2D eigenvalue weighted by atomic mass is 16.5. The summed E-state index contributed by atoms with van der Waals surface area (Å²) in [7, 11) is 1.57. The molecular formula is C19H19NO4. The molecule has 1 aromatic heterocycles. The van der Waals surface area contributed by atoms with Crippen molar-refractivity contribution in [1.82, 2.24) is 0 Å². The first kappa shape index (κ1) is 15.9. The quantitative estimate of drug-likeness (QED) is 0.755.